The summed E-state index contributed by atoms with van der Waals surface area (Å²) in [5.74, 6) is 0. The highest BCUT2D eigenvalue weighted by Crippen LogP contribution is 2.40. The summed E-state index contributed by atoms with van der Waals surface area (Å²) in [6.45, 7) is 3.99. The van der Waals surface area contributed by atoms with Gasteiger partial charge in [0.2, 0.25) is 3.79 Å². The lowest BCUT2D eigenvalue weighted by atomic mass is 10.2. The topological polar surface area (TPSA) is 29.1 Å². The summed E-state index contributed by atoms with van der Waals surface area (Å²) < 4.78 is -1.63. The first-order chi connectivity index (χ1) is 11.2. The van der Waals surface area contributed by atoms with Gasteiger partial charge in [-0.05, 0) is 49.9 Å². The fraction of sp³-hybridized carbons (Fsp3) is 0.235. The molecule has 0 saturated carbocycles. The second-order valence-electron chi connectivity index (χ2n) is 5.20. The van der Waals surface area contributed by atoms with Crippen LogP contribution in [-0.2, 0) is 0 Å². The first-order valence-corrected chi connectivity index (χ1v) is 9.92. The van der Waals surface area contributed by atoms with Crippen LogP contribution in [0.5, 0.6) is 0 Å². The Bertz CT molecular complexity index is 684. The summed E-state index contributed by atoms with van der Waals surface area (Å²) in [7, 11) is 0. The number of hydrogen-bond acceptors (Lipinski definition) is 3. The van der Waals surface area contributed by atoms with Gasteiger partial charge in [-0.25, -0.2) is 0 Å². The number of benzene rings is 2. The quantitative estimate of drug-likeness (QED) is 0.343. The lowest BCUT2D eigenvalue weighted by Gasteiger charge is -2.24. The van der Waals surface area contributed by atoms with E-state index in [1.165, 1.54) is 11.8 Å². The number of aryl methyl sites for hydroxylation is 2. The lowest BCUT2D eigenvalue weighted by molar-refractivity contribution is 0.260. The molecule has 0 spiro atoms. The Hall–Kier alpha value is -0.520. The largest absolute Gasteiger partial charge is 0.330 e. The fourth-order valence-electron chi connectivity index (χ4n) is 1.78. The van der Waals surface area contributed by atoms with E-state index < -0.39 is 9.17 Å². The van der Waals surface area contributed by atoms with Crippen molar-refractivity contribution in [3.05, 3.63) is 59.7 Å². The van der Waals surface area contributed by atoms with Gasteiger partial charge in [-0.3, -0.25) is 4.79 Å². The van der Waals surface area contributed by atoms with Crippen LogP contribution < -0.4 is 5.32 Å². The van der Waals surface area contributed by atoms with Crippen LogP contribution in [0.1, 0.15) is 11.1 Å². The minimum atomic E-state index is -1.63. The Morgan fingerprint density at radius 2 is 1.38 bits per heavy atom. The molecule has 2 aromatic rings. The van der Waals surface area contributed by atoms with Gasteiger partial charge >= 0.3 is 0 Å². The molecular weight excluding hydrogens is 405 g/mol. The Labute approximate surface area is 165 Å². The monoisotopic (exact) mass is 419 g/mol. The van der Waals surface area contributed by atoms with Gasteiger partial charge in [-0.1, -0.05) is 82.0 Å². The van der Waals surface area contributed by atoms with E-state index in [1.807, 2.05) is 62.4 Å². The van der Waals surface area contributed by atoms with Crippen LogP contribution in [0.2, 0.25) is 0 Å². The van der Waals surface area contributed by atoms with Crippen molar-refractivity contribution in [2.45, 2.75) is 32.8 Å². The SMILES string of the molecule is Cc1ccc(SC(=O)NC(Sc2ccc(C)cc2)C(Cl)(Cl)Cl)cc1. The van der Waals surface area contributed by atoms with Crippen molar-refractivity contribution >= 4 is 63.6 Å². The smallest absolute Gasteiger partial charge is 0.284 e. The first-order valence-electron chi connectivity index (χ1n) is 7.09. The maximum absolute atomic E-state index is 12.3. The molecule has 0 aliphatic heterocycles. The van der Waals surface area contributed by atoms with Gasteiger partial charge in [0.25, 0.3) is 5.24 Å². The van der Waals surface area contributed by atoms with Crippen molar-refractivity contribution in [2.24, 2.45) is 0 Å². The lowest BCUT2D eigenvalue weighted by Crippen LogP contribution is -2.39. The number of carbonyl (C=O) groups is 1. The van der Waals surface area contributed by atoms with Crippen LogP contribution in [0.4, 0.5) is 4.79 Å². The Morgan fingerprint density at radius 3 is 1.83 bits per heavy atom. The second-order valence-corrected chi connectivity index (χ2v) is 9.79. The molecule has 0 fully saturated rings. The average molecular weight is 421 g/mol. The number of nitrogens with one attached hydrogen (secondary N) is 1. The molecule has 0 heterocycles. The normalized spacial score (nSPS) is 12.7. The van der Waals surface area contributed by atoms with Crippen LogP contribution in [0.25, 0.3) is 0 Å². The Kier molecular flexibility index (Phi) is 7.20. The summed E-state index contributed by atoms with van der Waals surface area (Å²) in [5, 5.41) is 1.81. The molecule has 2 rings (SSSR count). The van der Waals surface area contributed by atoms with Crippen molar-refractivity contribution < 1.29 is 4.79 Å². The highest BCUT2D eigenvalue weighted by atomic mass is 35.6. The van der Waals surface area contributed by atoms with E-state index in [0.29, 0.717) is 0 Å². The zero-order chi connectivity index (χ0) is 17.7. The van der Waals surface area contributed by atoms with Crippen molar-refractivity contribution in [1.29, 1.82) is 0 Å². The molecule has 0 aliphatic carbocycles. The van der Waals surface area contributed by atoms with Gasteiger partial charge in [0, 0.05) is 9.79 Å². The van der Waals surface area contributed by atoms with Gasteiger partial charge in [0.15, 0.2) is 0 Å². The third-order valence-electron chi connectivity index (χ3n) is 3.05. The third kappa shape index (κ3) is 6.41. The van der Waals surface area contributed by atoms with Gasteiger partial charge in [-0.15, -0.1) is 0 Å². The van der Waals surface area contributed by atoms with Crippen LogP contribution in [0, 0.1) is 13.8 Å². The average Bonchev–Trinajstić information content (AvgIpc) is 2.50. The number of amides is 1. The predicted molar refractivity (Wildman–Crippen MR) is 107 cm³/mol. The minimum absolute atomic E-state index is 0.269. The molecule has 24 heavy (non-hydrogen) atoms. The van der Waals surface area contributed by atoms with Gasteiger partial charge < -0.3 is 5.32 Å². The maximum atomic E-state index is 12.3. The molecule has 0 bridgehead atoms. The van der Waals surface area contributed by atoms with Gasteiger partial charge in [-0.2, -0.15) is 0 Å². The maximum Gasteiger partial charge on any atom is 0.284 e. The van der Waals surface area contributed by atoms with Crippen molar-refractivity contribution in [3.63, 3.8) is 0 Å². The number of thioether (sulfide) groups is 2. The number of rotatable bonds is 4. The van der Waals surface area contributed by atoms with Crippen LogP contribution in [0.15, 0.2) is 58.3 Å². The van der Waals surface area contributed by atoms with Gasteiger partial charge in [0.1, 0.15) is 5.37 Å². The van der Waals surface area contributed by atoms with Crippen LogP contribution in [0.3, 0.4) is 0 Å². The standard InChI is InChI=1S/C17H16Cl3NOS2/c1-11-3-7-13(8-4-11)23-15(17(18,19)20)21-16(22)24-14-9-5-12(2)6-10-14/h3-10,15H,1-2H3,(H,21,22). The van der Waals surface area contributed by atoms with Crippen molar-refractivity contribution in [1.82, 2.24) is 5.32 Å². The molecule has 0 radical (unpaired) electrons. The summed E-state index contributed by atoms with van der Waals surface area (Å²) in [6.07, 6.45) is 0. The molecule has 1 N–H and O–H groups in total. The molecule has 0 saturated heterocycles. The van der Waals surface area contributed by atoms with Crippen LogP contribution in [-0.4, -0.2) is 14.4 Å². The van der Waals surface area contributed by atoms with E-state index in [9.17, 15) is 4.79 Å². The van der Waals surface area contributed by atoms with E-state index in [0.717, 1.165) is 32.7 Å². The third-order valence-corrected chi connectivity index (χ3v) is 6.16. The highest BCUT2D eigenvalue weighted by Gasteiger charge is 2.35. The van der Waals surface area contributed by atoms with Crippen LogP contribution >= 0.6 is 58.3 Å². The molecule has 0 aliphatic rings. The van der Waals surface area contributed by atoms with Crippen molar-refractivity contribution in [3.8, 4) is 0 Å². The number of alkyl halides is 3. The number of carbonyl (C=O) groups excluding carboxylic acids is 1. The predicted octanol–water partition coefficient (Wildman–Crippen LogP) is 6.59. The zero-order valence-corrected chi connectivity index (χ0v) is 17.0. The Morgan fingerprint density at radius 1 is 0.917 bits per heavy atom. The first kappa shape index (κ1) is 19.8. The van der Waals surface area contributed by atoms with Crippen molar-refractivity contribution in [2.75, 3.05) is 0 Å². The minimum Gasteiger partial charge on any atom is -0.330 e. The zero-order valence-electron chi connectivity index (χ0n) is 13.1. The highest BCUT2D eigenvalue weighted by molar-refractivity contribution is 8.13. The number of hydrogen-bond donors (Lipinski definition) is 1. The van der Waals surface area contributed by atoms with Gasteiger partial charge in [0.05, 0.1) is 0 Å². The molecule has 2 aromatic carbocycles. The molecule has 1 unspecified atom stereocenters. The molecule has 7 heteroatoms. The van der Waals surface area contributed by atoms with E-state index in [4.69, 9.17) is 34.8 Å². The molecule has 0 aromatic heterocycles. The molecule has 1 amide bonds. The summed E-state index contributed by atoms with van der Waals surface area (Å²) >= 11 is 20.5. The fourth-order valence-corrected chi connectivity index (χ4v) is 3.95. The Balaban J connectivity index is 2.04. The second kappa shape index (κ2) is 8.72. The molecule has 1 atom stereocenters. The van der Waals surface area contributed by atoms with E-state index in [2.05, 4.69) is 5.32 Å². The summed E-state index contributed by atoms with van der Waals surface area (Å²) in [4.78, 5) is 14.0. The van der Waals surface area contributed by atoms with E-state index in [-0.39, 0.29) is 5.24 Å². The summed E-state index contributed by atoms with van der Waals surface area (Å²) in [5.41, 5.74) is 2.28. The molecule has 128 valence electrons. The summed E-state index contributed by atoms with van der Waals surface area (Å²) in [6, 6.07) is 15.5. The van der Waals surface area contributed by atoms with E-state index >= 15 is 0 Å². The molecule has 2 nitrogen and oxygen atoms in total. The number of halogens is 3. The molecular formula is C17H16Cl3NOS2. The van der Waals surface area contributed by atoms with E-state index in [1.54, 1.807) is 0 Å².